The average molecular weight is 372 g/mol. The standard InChI is InChI=1S/C20H16N6S/c1-2-6-21-15(3-1)12-18-22-9-10-26(18)13-14-4-5-17-16(11-14)25-19-20(27-17)24-8-7-23-19/h1-11H,12-13H2,(H,23,25). The van der Waals surface area contributed by atoms with Crippen molar-refractivity contribution in [3.05, 3.63) is 84.5 Å². The Labute approximate surface area is 160 Å². The van der Waals surface area contributed by atoms with Crippen LogP contribution >= 0.6 is 11.8 Å². The van der Waals surface area contributed by atoms with Crippen LogP contribution in [0.3, 0.4) is 0 Å². The summed E-state index contributed by atoms with van der Waals surface area (Å²) >= 11 is 1.64. The van der Waals surface area contributed by atoms with Crippen molar-refractivity contribution in [1.82, 2.24) is 24.5 Å². The van der Waals surface area contributed by atoms with Crippen LogP contribution in [-0.4, -0.2) is 24.5 Å². The molecule has 132 valence electrons. The summed E-state index contributed by atoms with van der Waals surface area (Å²) in [5, 5.41) is 4.29. The van der Waals surface area contributed by atoms with Crippen LogP contribution < -0.4 is 5.32 Å². The molecule has 7 heteroatoms. The van der Waals surface area contributed by atoms with Gasteiger partial charge in [0.05, 0.1) is 5.69 Å². The summed E-state index contributed by atoms with van der Waals surface area (Å²) in [6.07, 6.45) is 9.81. The molecule has 6 nitrogen and oxygen atoms in total. The molecule has 4 heterocycles. The van der Waals surface area contributed by atoms with Crippen LogP contribution in [0.5, 0.6) is 0 Å². The van der Waals surface area contributed by atoms with Crippen LogP contribution in [0.4, 0.5) is 11.5 Å². The quantitative estimate of drug-likeness (QED) is 0.516. The van der Waals surface area contributed by atoms with E-state index in [-0.39, 0.29) is 0 Å². The lowest BCUT2D eigenvalue weighted by atomic mass is 10.2. The zero-order valence-corrected chi connectivity index (χ0v) is 15.2. The number of anilines is 2. The number of benzene rings is 1. The molecule has 1 aromatic carbocycles. The van der Waals surface area contributed by atoms with Gasteiger partial charge in [0.1, 0.15) is 10.9 Å². The van der Waals surface area contributed by atoms with Crippen LogP contribution in [0.15, 0.2) is 77.3 Å². The predicted molar refractivity (Wildman–Crippen MR) is 104 cm³/mol. The molecule has 0 radical (unpaired) electrons. The maximum atomic E-state index is 4.51. The fraction of sp³-hybridized carbons (Fsp3) is 0.100. The summed E-state index contributed by atoms with van der Waals surface area (Å²) < 4.78 is 2.17. The first-order valence-corrected chi connectivity index (χ1v) is 9.45. The van der Waals surface area contributed by atoms with Gasteiger partial charge in [-0.05, 0) is 29.8 Å². The summed E-state index contributed by atoms with van der Waals surface area (Å²) in [5.74, 6) is 1.82. The van der Waals surface area contributed by atoms with Crippen molar-refractivity contribution in [2.75, 3.05) is 5.32 Å². The highest BCUT2D eigenvalue weighted by Gasteiger charge is 2.18. The third kappa shape index (κ3) is 3.29. The zero-order chi connectivity index (χ0) is 18.1. The van der Waals surface area contributed by atoms with E-state index in [4.69, 9.17) is 0 Å². The molecule has 0 fully saturated rings. The molecule has 1 N–H and O–H groups in total. The first kappa shape index (κ1) is 16.0. The summed E-state index contributed by atoms with van der Waals surface area (Å²) in [4.78, 5) is 18.8. The van der Waals surface area contributed by atoms with Crippen molar-refractivity contribution in [3.63, 3.8) is 0 Å². The second-order valence-corrected chi connectivity index (χ2v) is 7.27. The maximum Gasteiger partial charge on any atom is 0.163 e. The molecule has 0 saturated heterocycles. The molecule has 0 unspecified atom stereocenters. The smallest absolute Gasteiger partial charge is 0.163 e. The van der Waals surface area contributed by atoms with E-state index in [0.717, 1.165) is 45.9 Å². The van der Waals surface area contributed by atoms with Crippen molar-refractivity contribution < 1.29 is 0 Å². The molecule has 0 atom stereocenters. The Morgan fingerprint density at radius 2 is 1.89 bits per heavy atom. The van der Waals surface area contributed by atoms with Gasteiger partial charge in [0.15, 0.2) is 5.82 Å². The Morgan fingerprint density at radius 1 is 0.926 bits per heavy atom. The van der Waals surface area contributed by atoms with Gasteiger partial charge < -0.3 is 9.88 Å². The average Bonchev–Trinajstić information content (AvgIpc) is 3.13. The predicted octanol–water partition coefficient (Wildman–Crippen LogP) is 3.92. The van der Waals surface area contributed by atoms with E-state index in [2.05, 4.69) is 48.0 Å². The molecule has 27 heavy (non-hydrogen) atoms. The zero-order valence-electron chi connectivity index (χ0n) is 14.4. The van der Waals surface area contributed by atoms with E-state index in [1.54, 1.807) is 24.2 Å². The Kier molecular flexibility index (Phi) is 4.06. The molecule has 1 aliphatic rings. The van der Waals surface area contributed by atoms with Crippen LogP contribution in [0.2, 0.25) is 0 Å². The minimum atomic E-state index is 0.718. The Morgan fingerprint density at radius 3 is 2.81 bits per heavy atom. The first-order valence-electron chi connectivity index (χ1n) is 8.64. The summed E-state index contributed by atoms with van der Waals surface area (Å²) in [6, 6.07) is 12.4. The lowest BCUT2D eigenvalue weighted by molar-refractivity contribution is 0.735. The van der Waals surface area contributed by atoms with Gasteiger partial charge >= 0.3 is 0 Å². The second-order valence-electron chi connectivity index (χ2n) is 6.24. The molecule has 3 aromatic heterocycles. The molecule has 4 aromatic rings. The second kappa shape index (κ2) is 6.85. The van der Waals surface area contributed by atoms with Gasteiger partial charge in [-0.25, -0.2) is 15.0 Å². The molecule has 1 aliphatic heterocycles. The third-order valence-electron chi connectivity index (χ3n) is 4.39. The van der Waals surface area contributed by atoms with Gasteiger partial charge in [-0.3, -0.25) is 4.98 Å². The van der Waals surface area contributed by atoms with Gasteiger partial charge in [-0.2, -0.15) is 0 Å². The van der Waals surface area contributed by atoms with Gasteiger partial charge in [0.25, 0.3) is 0 Å². The molecule has 0 amide bonds. The molecule has 0 spiro atoms. The summed E-state index contributed by atoms with van der Waals surface area (Å²) in [6.45, 7) is 0.759. The van der Waals surface area contributed by atoms with Gasteiger partial charge in [-0.1, -0.05) is 23.9 Å². The molecular weight excluding hydrogens is 356 g/mol. The van der Waals surface area contributed by atoms with E-state index in [1.807, 2.05) is 36.8 Å². The highest BCUT2D eigenvalue weighted by Crippen LogP contribution is 2.42. The van der Waals surface area contributed by atoms with Crippen molar-refractivity contribution in [1.29, 1.82) is 0 Å². The molecule has 0 aliphatic carbocycles. The van der Waals surface area contributed by atoms with Crippen molar-refractivity contribution in [2.24, 2.45) is 0 Å². The van der Waals surface area contributed by atoms with Crippen molar-refractivity contribution in [2.45, 2.75) is 22.9 Å². The van der Waals surface area contributed by atoms with Crippen molar-refractivity contribution in [3.8, 4) is 0 Å². The fourth-order valence-electron chi connectivity index (χ4n) is 3.09. The normalized spacial score (nSPS) is 12.1. The number of hydrogen-bond donors (Lipinski definition) is 1. The number of nitrogens with zero attached hydrogens (tertiary/aromatic N) is 5. The minimum absolute atomic E-state index is 0.718. The van der Waals surface area contributed by atoms with Crippen molar-refractivity contribution >= 4 is 23.3 Å². The van der Waals surface area contributed by atoms with E-state index < -0.39 is 0 Å². The molecular formula is C20H16N6S. The van der Waals surface area contributed by atoms with E-state index in [0.29, 0.717) is 0 Å². The summed E-state index contributed by atoms with van der Waals surface area (Å²) in [5.41, 5.74) is 3.29. The largest absolute Gasteiger partial charge is 0.337 e. The van der Waals surface area contributed by atoms with Gasteiger partial charge in [-0.15, -0.1) is 0 Å². The Bertz CT molecular complexity index is 1090. The highest BCUT2D eigenvalue weighted by molar-refractivity contribution is 7.99. The highest BCUT2D eigenvalue weighted by atomic mass is 32.2. The van der Waals surface area contributed by atoms with Crippen LogP contribution in [-0.2, 0) is 13.0 Å². The Hall–Kier alpha value is -3.19. The van der Waals surface area contributed by atoms with Crippen LogP contribution in [0.25, 0.3) is 0 Å². The number of aromatic nitrogens is 5. The SMILES string of the molecule is c1ccc(Cc2nccn2Cc2ccc3c(c2)Nc2nccnc2S3)nc1. The van der Waals surface area contributed by atoms with Gasteiger partial charge in [0, 0.05) is 54.5 Å². The molecule has 0 saturated carbocycles. The minimum Gasteiger partial charge on any atom is -0.337 e. The number of fused-ring (bicyclic) bond motifs is 2. The number of imidazole rings is 1. The number of hydrogen-bond acceptors (Lipinski definition) is 6. The van der Waals surface area contributed by atoms with Crippen LogP contribution in [0.1, 0.15) is 17.1 Å². The van der Waals surface area contributed by atoms with Crippen LogP contribution in [0, 0.1) is 0 Å². The topological polar surface area (TPSA) is 68.5 Å². The van der Waals surface area contributed by atoms with E-state index in [1.165, 1.54) is 5.56 Å². The molecule has 0 bridgehead atoms. The maximum absolute atomic E-state index is 4.51. The number of rotatable bonds is 4. The first-order chi connectivity index (χ1) is 13.3. The number of nitrogens with one attached hydrogen (secondary N) is 1. The lowest BCUT2D eigenvalue weighted by Crippen LogP contribution is -2.08. The van der Waals surface area contributed by atoms with E-state index >= 15 is 0 Å². The fourth-order valence-corrected chi connectivity index (χ4v) is 3.97. The third-order valence-corrected chi connectivity index (χ3v) is 5.46. The summed E-state index contributed by atoms with van der Waals surface area (Å²) in [7, 11) is 0. The monoisotopic (exact) mass is 372 g/mol. The Balaban J connectivity index is 1.38. The van der Waals surface area contributed by atoms with E-state index in [9.17, 15) is 0 Å². The number of pyridine rings is 1. The molecule has 5 rings (SSSR count). The lowest BCUT2D eigenvalue weighted by Gasteiger charge is -2.19. The van der Waals surface area contributed by atoms with Gasteiger partial charge in [0.2, 0.25) is 0 Å².